The second kappa shape index (κ2) is 9.05. The molecule has 1 aliphatic heterocycles. The SMILES string of the molecule is CCNC(=NCc1cccs1)N(C)CCC1CCOCC1. The van der Waals surface area contributed by atoms with E-state index in [9.17, 15) is 0 Å². The first-order valence-electron chi connectivity index (χ1n) is 7.89. The van der Waals surface area contributed by atoms with Gasteiger partial charge in [0.05, 0.1) is 6.54 Å². The summed E-state index contributed by atoms with van der Waals surface area (Å²) in [5.74, 6) is 1.82. The molecule has 0 atom stereocenters. The van der Waals surface area contributed by atoms with E-state index in [2.05, 4.69) is 41.7 Å². The van der Waals surface area contributed by atoms with E-state index in [-0.39, 0.29) is 0 Å². The van der Waals surface area contributed by atoms with Crippen molar-refractivity contribution in [3.05, 3.63) is 22.4 Å². The van der Waals surface area contributed by atoms with Crippen LogP contribution in [0.4, 0.5) is 0 Å². The van der Waals surface area contributed by atoms with Crippen molar-refractivity contribution < 1.29 is 4.74 Å². The lowest BCUT2D eigenvalue weighted by atomic mass is 9.96. The van der Waals surface area contributed by atoms with Crippen LogP contribution in [-0.2, 0) is 11.3 Å². The van der Waals surface area contributed by atoms with E-state index in [1.807, 2.05) is 0 Å². The van der Waals surface area contributed by atoms with Crippen LogP contribution in [0.1, 0.15) is 31.1 Å². The molecule has 1 aromatic heterocycles. The van der Waals surface area contributed by atoms with Gasteiger partial charge in [-0.2, -0.15) is 0 Å². The zero-order chi connectivity index (χ0) is 14.9. The quantitative estimate of drug-likeness (QED) is 0.648. The lowest BCUT2D eigenvalue weighted by Crippen LogP contribution is -2.40. The highest BCUT2D eigenvalue weighted by atomic mass is 32.1. The molecule has 0 aromatic carbocycles. The van der Waals surface area contributed by atoms with E-state index in [1.54, 1.807) is 11.3 Å². The summed E-state index contributed by atoms with van der Waals surface area (Å²) in [6.45, 7) is 6.71. The van der Waals surface area contributed by atoms with Gasteiger partial charge < -0.3 is 15.0 Å². The third kappa shape index (κ3) is 5.67. The molecule has 0 aliphatic carbocycles. The topological polar surface area (TPSA) is 36.9 Å². The summed E-state index contributed by atoms with van der Waals surface area (Å²) in [4.78, 5) is 8.30. The molecule has 2 heterocycles. The summed E-state index contributed by atoms with van der Waals surface area (Å²) < 4.78 is 5.42. The zero-order valence-electron chi connectivity index (χ0n) is 13.2. The van der Waals surface area contributed by atoms with Crippen LogP contribution in [0.5, 0.6) is 0 Å². The van der Waals surface area contributed by atoms with Crippen LogP contribution in [0.2, 0.25) is 0 Å². The Balaban J connectivity index is 1.82. The molecule has 118 valence electrons. The van der Waals surface area contributed by atoms with Gasteiger partial charge in [-0.3, -0.25) is 0 Å². The number of hydrogen-bond acceptors (Lipinski definition) is 3. The molecule has 1 N–H and O–H groups in total. The lowest BCUT2D eigenvalue weighted by molar-refractivity contribution is 0.0625. The molecule has 1 fully saturated rings. The van der Waals surface area contributed by atoms with Crippen LogP contribution in [0.3, 0.4) is 0 Å². The molecule has 4 nitrogen and oxygen atoms in total. The molecule has 1 aromatic rings. The van der Waals surface area contributed by atoms with Crippen LogP contribution >= 0.6 is 11.3 Å². The fourth-order valence-electron chi connectivity index (χ4n) is 2.54. The third-order valence-corrected chi connectivity index (χ3v) is 4.74. The predicted molar refractivity (Wildman–Crippen MR) is 89.9 cm³/mol. The number of aliphatic imine (C=N–C) groups is 1. The summed E-state index contributed by atoms with van der Waals surface area (Å²) in [5.41, 5.74) is 0. The molecule has 0 amide bonds. The van der Waals surface area contributed by atoms with Crippen molar-refractivity contribution in [3.8, 4) is 0 Å². The Morgan fingerprint density at radius 2 is 2.29 bits per heavy atom. The molecule has 0 spiro atoms. The molecule has 0 radical (unpaired) electrons. The van der Waals surface area contributed by atoms with Gasteiger partial charge in [0.25, 0.3) is 0 Å². The van der Waals surface area contributed by atoms with Crippen molar-refractivity contribution in [2.24, 2.45) is 10.9 Å². The van der Waals surface area contributed by atoms with Gasteiger partial charge in [-0.05, 0) is 43.6 Å². The predicted octanol–water partition coefficient (Wildman–Crippen LogP) is 2.96. The Hall–Kier alpha value is -1.07. The largest absolute Gasteiger partial charge is 0.381 e. The number of rotatable bonds is 6. The first kappa shape index (κ1) is 16.3. The molecule has 21 heavy (non-hydrogen) atoms. The van der Waals surface area contributed by atoms with Gasteiger partial charge in [0.1, 0.15) is 0 Å². The highest BCUT2D eigenvalue weighted by molar-refractivity contribution is 7.09. The minimum Gasteiger partial charge on any atom is -0.381 e. The fraction of sp³-hybridized carbons (Fsp3) is 0.688. The van der Waals surface area contributed by atoms with Crippen molar-refractivity contribution in [2.45, 2.75) is 32.7 Å². The Labute approximate surface area is 132 Å². The number of guanidine groups is 1. The first-order valence-corrected chi connectivity index (χ1v) is 8.77. The normalized spacial score (nSPS) is 17.0. The standard InChI is InChI=1S/C16H27N3OS/c1-3-17-16(18-13-15-5-4-12-21-15)19(2)9-6-14-7-10-20-11-8-14/h4-5,12,14H,3,6-11,13H2,1-2H3,(H,17,18). The van der Waals surface area contributed by atoms with Gasteiger partial charge in [-0.25, -0.2) is 4.99 Å². The first-order chi connectivity index (χ1) is 10.3. The van der Waals surface area contributed by atoms with Crippen molar-refractivity contribution in [1.29, 1.82) is 0 Å². The maximum atomic E-state index is 5.42. The van der Waals surface area contributed by atoms with Crippen LogP contribution in [0.25, 0.3) is 0 Å². The molecule has 1 saturated heterocycles. The number of hydrogen-bond donors (Lipinski definition) is 1. The summed E-state index contributed by atoms with van der Waals surface area (Å²) in [6, 6.07) is 4.22. The smallest absolute Gasteiger partial charge is 0.194 e. The summed E-state index contributed by atoms with van der Waals surface area (Å²) in [7, 11) is 2.13. The minimum atomic E-state index is 0.765. The average molecular weight is 309 g/mol. The molecular formula is C16H27N3OS. The van der Waals surface area contributed by atoms with Gasteiger partial charge in [-0.1, -0.05) is 6.07 Å². The van der Waals surface area contributed by atoms with Crippen LogP contribution in [0.15, 0.2) is 22.5 Å². The maximum Gasteiger partial charge on any atom is 0.194 e. The maximum absolute atomic E-state index is 5.42. The van der Waals surface area contributed by atoms with E-state index in [4.69, 9.17) is 9.73 Å². The monoisotopic (exact) mass is 309 g/mol. The highest BCUT2D eigenvalue weighted by Crippen LogP contribution is 2.18. The second-order valence-corrected chi connectivity index (χ2v) is 6.55. The second-order valence-electron chi connectivity index (χ2n) is 5.52. The summed E-state index contributed by atoms with van der Waals surface area (Å²) in [6.07, 6.45) is 3.64. The molecular weight excluding hydrogens is 282 g/mol. The lowest BCUT2D eigenvalue weighted by Gasteiger charge is -2.26. The number of thiophene rings is 1. The molecule has 0 unspecified atom stereocenters. The third-order valence-electron chi connectivity index (χ3n) is 3.87. The van der Waals surface area contributed by atoms with E-state index in [0.717, 1.165) is 44.7 Å². The van der Waals surface area contributed by atoms with Crippen LogP contribution < -0.4 is 5.32 Å². The Kier molecular flexibility index (Phi) is 7.03. The van der Waals surface area contributed by atoms with Gasteiger partial charge in [0.15, 0.2) is 5.96 Å². The number of ether oxygens (including phenoxy) is 1. The molecule has 2 rings (SSSR count). The van der Waals surface area contributed by atoms with E-state index >= 15 is 0 Å². The van der Waals surface area contributed by atoms with E-state index in [0.29, 0.717) is 0 Å². The Morgan fingerprint density at radius 3 is 2.95 bits per heavy atom. The minimum absolute atomic E-state index is 0.765. The molecule has 0 saturated carbocycles. The summed E-state index contributed by atoms with van der Waals surface area (Å²) in [5, 5.41) is 5.49. The fourth-order valence-corrected chi connectivity index (χ4v) is 3.17. The zero-order valence-corrected chi connectivity index (χ0v) is 14.0. The van der Waals surface area contributed by atoms with Crippen molar-refractivity contribution in [3.63, 3.8) is 0 Å². The van der Waals surface area contributed by atoms with Crippen molar-refractivity contribution >= 4 is 17.3 Å². The number of nitrogens with zero attached hydrogens (tertiary/aromatic N) is 2. The van der Waals surface area contributed by atoms with Gasteiger partial charge in [-0.15, -0.1) is 11.3 Å². The average Bonchev–Trinajstić information content (AvgIpc) is 3.03. The van der Waals surface area contributed by atoms with Gasteiger partial charge >= 0.3 is 0 Å². The van der Waals surface area contributed by atoms with Crippen LogP contribution in [0, 0.1) is 5.92 Å². The van der Waals surface area contributed by atoms with Crippen molar-refractivity contribution in [1.82, 2.24) is 10.2 Å². The Bertz CT molecular complexity index is 413. The Morgan fingerprint density at radius 1 is 1.48 bits per heavy atom. The van der Waals surface area contributed by atoms with Crippen molar-refractivity contribution in [2.75, 3.05) is 33.4 Å². The van der Waals surface area contributed by atoms with E-state index in [1.165, 1.54) is 24.1 Å². The number of nitrogens with one attached hydrogen (secondary N) is 1. The molecule has 5 heteroatoms. The molecule has 1 aliphatic rings. The highest BCUT2D eigenvalue weighted by Gasteiger charge is 2.15. The summed E-state index contributed by atoms with van der Waals surface area (Å²) >= 11 is 1.76. The van der Waals surface area contributed by atoms with Gasteiger partial charge in [0, 0.05) is 38.2 Å². The molecule has 0 bridgehead atoms. The van der Waals surface area contributed by atoms with E-state index < -0.39 is 0 Å². The van der Waals surface area contributed by atoms with Gasteiger partial charge in [0.2, 0.25) is 0 Å². The van der Waals surface area contributed by atoms with Crippen LogP contribution in [-0.4, -0.2) is 44.2 Å².